The molecule has 1 amide bonds. The molecule has 0 bridgehead atoms. The van der Waals surface area contributed by atoms with Crippen molar-refractivity contribution >= 4 is 28.9 Å². The zero-order valence-corrected chi connectivity index (χ0v) is 13.4. The minimum atomic E-state index is -0.637. The van der Waals surface area contributed by atoms with Gasteiger partial charge in [-0.15, -0.1) is 0 Å². The summed E-state index contributed by atoms with van der Waals surface area (Å²) in [6.45, 7) is 0. The van der Waals surface area contributed by atoms with E-state index < -0.39 is 11.7 Å². The molecule has 23 heavy (non-hydrogen) atoms. The van der Waals surface area contributed by atoms with Crippen molar-refractivity contribution in [3.05, 3.63) is 53.8 Å². The van der Waals surface area contributed by atoms with Crippen molar-refractivity contribution in [2.45, 2.75) is 0 Å². The number of halogens is 1. The van der Waals surface area contributed by atoms with E-state index in [-0.39, 0.29) is 10.7 Å². The molecule has 0 spiro atoms. The summed E-state index contributed by atoms with van der Waals surface area (Å²) in [6.07, 6.45) is 0. The van der Waals surface area contributed by atoms with Gasteiger partial charge >= 0.3 is 0 Å². The number of anilines is 1. The molecule has 2 N–H and O–H groups in total. The summed E-state index contributed by atoms with van der Waals surface area (Å²) in [5.41, 5.74) is 0.431. The summed E-state index contributed by atoms with van der Waals surface area (Å²) in [5.74, 6) is -0.140. The van der Waals surface area contributed by atoms with Crippen LogP contribution in [0, 0.1) is 5.82 Å². The molecule has 0 aliphatic carbocycles. The number of methoxy groups -OCH3 is 2. The standard InChI is InChI=1S/C16H15FN2O3S/c1-21-10-7-8-14(22-2)13(9-10)18-16(23)19-15(20)11-5-3-4-6-12(11)17/h3-9H,1-2H3,(H2,18,19,20,23). The lowest BCUT2D eigenvalue weighted by molar-refractivity contribution is 0.0974. The molecule has 2 rings (SSSR count). The van der Waals surface area contributed by atoms with E-state index in [1.165, 1.54) is 32.4 Å². The van der Waals surface area contributed by atoms with Crippen LogP contribution in [0.2, 0.25) is 0 Å². The fraction of sp³-hybridized carbons (Fsp3) is 0.125. The van der Waals surface area contributed by atoms with E-state index in [1.807, 2.05) is 0 Å². The zero-order chi connectivity index (χ0) is 16.8. The van der Waals surface area contributed by atoms with Crippen LogP contribution in [0.3, 0.4) is 0 Å². The van der Waals surface area contributed by atoms with Crippen molar-refractivity contribution in [3.8, 4) is 11.5 Å². The lowest BCUT2D eigenvalue weighted by Crippen LogP contribution is -2.34. The van der Waals surface area contributed by atoms with Crippen molar-refractivity contribution in [3.63, 3.8) is 0 Å². The Morgan fingerprint density at radius 3 is 2.52 bits per heavy atom. The molecule has 0 atom stereocenters. The maximum Gasteiger partial charge on any atom is 0.260 e. The number of thiocarbonyl (C=S) groups is 1. The van der Waals surface area contributed by atoms with Crippen LogP contribution in [0.1, 0.15) is 10.4 Å². The molecule has 7 heteroatoms. The highest BCUT2D eigenvalue weighted by atomic mass is 32.1. The molecule has 2 aromatic carbocycles. The number of hydrogen-bond donors (Lipinski definition) is 2. The van der Waals surface area contributed by atoms with Crippen LogP contribution in [0.5, 0.6) is 11.5 Å². The molecule has 0 unspecified atom stereocenters. The first-order valence-corrected chi connectivity index (χ1v) is 7.05. The van der Waals surface area contributed by atoms with Crippen LogP contribution in [0.25, 0.3) is 0 Å². The Hall–Kier alpha value is -2.67. The van der Waals surface area contributed by atoms with E-state index in [1.54, 1.807) is 24.3 Å². The first-order valence-electron chi connectivity index (χ1n) is 6.64. The maximum absolute atomic E-state index is 13.6. The monoisotopic (exact) mass is 334 g/mol. The highest BCUT2D eigenvalue weighted by Crippen LogP contribution is 2.28. The van der Waals surface area contributed by atoms with Crippen molar-refractivity contribution in [2.75, 3.05) is 19.5 Å². The zero-order valence-electron chi connectivity index (χ0n) is 12.6. The largest absolute Gasteiger partial charge is 0.497 e. The van der Waals surface area contributed by atoms with Gasteiger partial charge in [0.15, 0.2) is 5.11 Å². The van der Waals surface area contributed by atoms with Crippen LogP contribution < -0.4 is 20.1 Å². The lowest BCUT2D eigenvalue weighted by atomic mass is 10.2. The van der Waals surface area contributed by atoms with E-state index >= 15 is 0 Å². The van der Waals surface area contributed by atoms with Crippen molar-refractivity contribution in [1.29, 1.82) is 0 Å². The van der Waals surface area contributed by atoms with Gasteiger partial charge in [-0.1, -0.05) is 12.1 Å². The quantitative estimate of drug-likeness (QED) is 0.842. The average molecular weight is 334 g/mol. The number of amides is 1. The van der Waals surface area contributed by atoms with E-state index in [2.05, 4.69) is 10.6 Å². The summed E-state index contributed by atoms with van der Waals surface area (Å²) in [6, 6.07) is 10.7. The predicted octanol–water partition coefficient (Wildman–Crippen LogP) is 2.97. The Kier molecular flexibility index (Phi) is 5.48. The normalized spacial score (nSPS) is 9.87. The van der Waals surface area contributed by atoms with E-state index in [4.69, 9.17) is 21.7 Å². The Balaban J connectivity index is 2.11. The molecule has 0 radical (unpaired) electrons. The molecule has 0 saturated carbocycles. The van der Waals surface area contributed by atoms with Gasteiger partial charge in [-0.2, -0.15) is 0 Å². The van der Waals surface area contributed by atoms with Crippen LogP contribution >= 0.6 is 12.2 Å². The van der Waals surface area contributed by atoms with Crippen LogP contribution in [-0.2, 0) is 0 Å². The fourth-order valence-corrected chi connectivity index (χ4v) is 2.08. The van der Waals surface area contributed by atoms with Gasteiger partial charge in [0.1, 0.15) is 17.3 Å². The second kappa shape index (κ2) is 7.55. The maximum atomic E-state index is 13.6. The molecule has 0 fully saturated rings. The Bertz CT molecular complexity index is 737. The number of ether oxygens (including phenoxy) is 2. The molecular weight excluding hydrogens is 319 g/mol. The molecule has 0 aromatic heterocycles. The Morgan fingerprint density at radius 1 is 1.13 bits per heavy atom. The average Bonchev–Trinajstić information content (AvgIpc) is 2.54. The van der Waals surface area contributed by atoms with Gasteiger partial charge in [-0.05, 0) is 36.5 Å². The summed E-state index contributed by atoms with van der Waals surface area (Å²) in [5, 5.41) is 5.27. The number of hydrogen-bond acceptors (Lipinski definition) is 4. The van der Waals surface area contributed by atoms with Gasteiger partial charge in [-0.25, -0.2) is 4.39 Å². The molecule has 0 aliphatic rings. The highest BCUT2D eigenvalue weighted by molar-refractivity contribution is 7.80. The van der Waals surface area contributed by atoms with Crippen molar-refractivity contribution < 1.29 is 18.7 Å². The van der Waals surface area contributed by atoms with E-state index in [0.717, 1.165) is 0 Å². The third kappa shape index (κ3) is 4.17. The molecule has 0 aliphatic heterocycles. The van der Waals surface area contributed by atoms with Crippen LogP contribution in [0.15, 0.2) is 42.5 Å². The lowest BCUT2D eigenvalue weighted by Gasteiger charge is -2.14. The summed E-state index contributed by atoms with van der Waals surface area (Å²) in [4.78, 5) is 12.0. The smallest absolute Gasteiger partial charge is 0.260 e. The predicted molar refractivity (Wildman–Crippen MR) is 89.6 cm³/mol. The third-order valence-electron chi connectivity index (χ3n) is 3.00. The van der Waals surface area contributed by atoms with Crippen molar-refractivity contribution in [2.24, 2.45) is 0 Å². The van der Waals surface area contributed by atoms with Crippen LogP contribution in [0.4, 0.5) is 10.1 Å². The van der Waals surface area contributed by atoms with E-state index in [0.29, 0.717) is 17.2 Å². The van der Waals surface area contributed by atoms with Gasteiger partial charge in [0.05, 0.1) is 25.5 Å². The third-order valence-corrected chi connectivity index (χ3v) is 3.20. The fourth-order valence-electron chi connectivity index (χ4n) is 1.88. The molecule has 120 valence electrons. The minimum Gasteiger partial charge on any atom is -0.497 e. The van der Waals surface area contributed by atoms with Gasteiger partial charge in [0.2, 0.25) is 0 Å². The van der Waals surface area contributed by atoms with Gasteiger partial charge in [0, 0.05) is 6.07 Å². The second-order valence-corrected chi connectivity index (χ2v) is 4.86. The molecule has 0 saturated heterocycles. The minimum absolute atomic E-state index is 0.0183. The van der Waals surface area contributed by atoms with Gasteiger partial charge in [0.25, 0.3) is 5.91 Å². The highest BCUT2D eigenvalue weighted by Gasteiger charge is 2.13. The van der Waals surface area contributed by atoms with Crippen molar-refractivity contribution in [1.82, 2.24) is 5.32 Å². The first kappa shape index (κ1) is 16.7. The van der Waals surface area contributed by atoms with Crippen LogP contribution in [-0.4, -0.2) is 25.2 Å². The summed E-state index contributed by atoms with van der Waals surface area (Å²) < 4.78 is 23.9. The summed E-state index contributed by atoms with van der Waals surface area (Å²) >= 11 is 5.08. The molecular formula is C16H15FN2O3S. The summed E-state index contributed by atoms with van der Waals surface area (Å²) in [7, 11) is 3.04. The Labute approximate surface area is 138 Å². The molecule has 2 aromatic rings. The molecule has 5 nitrogen and oxygen atoms in total. The SMILES string of the molecule is COc1ccc(OC)c(NC(=S)NC(=O)c2ccccc2F)c1. The van der Waals surface area contributed by atoms with E-state index in [9.17, 15) is 9.18 Å². The number of carbonyl (C=O) groups is 1. The number of carbonyl (C=O) groups excluding carboxylic acids is 1. The number of nitrogens with one attached hydrogen (secondary N) is 2. The van der Waals surface area contributed by atoms with Gasteiger partial charge in [-0.3, -0.25) is 10.1 Å². The number of benzene rings is 2. The first-order chi connectivity index (χ1) is 11.0. The number of rotatable bonds is 4. The second-order valence-electron chi connectivity index (χ2n) is 4.45. The molecule has 0 heterocycles. The topological polar surface area (TPSA) is 59.6 Å². The Morgan fingerprint density at radius 2 is 1.87 bits per heavy atom. The van der Waals surface area contributed by atoms with Gasteiger partial charge < -0.3 is 14.8 Å².